The van der Waals surface area contributed by atoms with Gasteiger partial charge in [-0.1, -0.05) is 11.1 Å². The zero-order valence-electron chi connectivity index (χ0n) is 8.35. The third-order valence-electron chi connectivity index (χ3n) is 1.87. The van der Waals surface area contributed by atoms with Crippen molar-refractivity contribution in [2.24, 2.45) is 5.73 Å². The highest BCUT2D eigenvalue weighted by Crippen LogP contribution is 1.91. The summed E-state index contributed by atoms with van der Waals surface area (Å²) in [6.45, 7) is 2.72. The van der Waals surface area contributed by atoms with E-state index in [-0.39, 0.29) is 0 Å². The number of aromatic nitrogens is 3. The molecule has 1 rings (SSSR count). The predicted octanol–water partition coefficient (Wildman–Crippen LogP) is -0.698. The molecule has 0 saturated heterocycles. The van der Waals surface area contributed by atoms with Gasteiger partial charge in [-0.25, -0.2) is 0 Å². The van der Waals surface area contributed by atoms with E-state index in [2.05, 4.69) is 16.2 Å². The second kappa shape index (κ2) is 5.37. The van der Waals surface area contributed by atoms with Gasteiger partial charge in [-0.15, -0.1) is 11.5 Å². The number of hydrogen-bond donors (Lipinski definition) is 1. The van der Waals surface area contributed by atoms with Crippen LogP contribution in [0.25, 0.3) is 0 Å². The van der Waals surface area contributed by atoms with Gasteiger partial charge in [0.1, 0.15) is 0 Å². The molecule has 0 unspecified atom stereocenters. The Hall–Kier alpha value is -1.38. The van der Waals surface area contributed by atoms with Gasteiger partial charge < -0.3 is 5.73 Å². The summed E-state index contributed by atoms with van der Waals surface area (Å²) in [6, 6.07) is 0. The molecule has 5 heteroatoms. The van der Waals surface area contributed by atoms with Crippen molar-refractivity contribution in [3.05, 3.63) is 11.9 Å². The Kier molecular flexibility index (Phi) is 4.11. The van der Waals surface area contributed by atoms with Crippen molar-refractivity contribution >= 4 is 0 Å². The number of nitrogens with two attached hydrogens (primary N) is 1. The highest BCUT2D eigenvalue weighted by atomic mass is 15.4. The summed E-state index contributed by atoms with van der Waals surface area (Å²) in [5, 5.41) is 7.82. The highest BCUT2D eigenvalue weighted by Gasteiger charge is 2.00. The predicted molar refractivity (Wildman–Crippen MR) is 54.2 cm³/mol. The molecule has 0 saturated carbocycles. The first kappa shape index (κ1) is 10.7. The molecule has 2 N–H and O–H groups in total. The lowest BCUT2D eigenvalue weighted by Crippen LogP contribution is -2.23. The second-order valence-electron chi connectivity index (χ2n) is 3.12. The quantitative estimate of drug-likeness (QED) is 0.628. The SMILES string of the molecule is C#CCN(C)CCn1cc(CN)nn1. The highest BCUT2D eigenvalue weighted by molar-refractivity contribution is 4.90. The Morgan fingerprint density at radius 1 is 1.71 bits per heavy atom. The molecule has 1 aromatic heterocycles. The van der Waals surface area contributed by atoms with Gasteiger partial charge in [-0.05, 0) is 7.05 Å². The van der Waals surface area contributed by atoms with Crippen LogP contribution in [-0.4, -0.2) is 40.0 Å². The number of hydrogen-bond acceptors (Lipinski definition) is 4. The minimum atomic E-state index is 0.431. The Balaban J connectivity index is 2.34. The van der Waals surface area contributed by atoms with Gasteiger partial charge in [0.2, 0.25) is 0 Å². The smallest absolute Gasteiger partial charge is 0.0962 e. The van der Waals surface area contributed by atoms with Gasteiger partial charge >= 0.3 is 0 Å². The van der Waals surface area contributed by atoms with Crippen LogP contribution in [0.3, 0.4) is 0 Å². The Labute approximate surface area is 83.9 Å². The molecule has 0 aromatic carbocycles. The van der Waals surface area contributed by atoms with Gasteiger partial charge in [0.25, 0.3) is 0 Å². The summed E-state index contributed by atoms with van der Waals surface area (Å²) < 4.78 is 1.77. The molecular weight excluding hydrogens is 178 g/mol. The second-order valence-corrected chi connectivity index (χ2v) is 3.12. The molecule has 14 heavy (non-hydrogen) atoms. The summed E-state index contributed by atoms with van der Waals surface area (Å²) in [6.07, 6.45) is 7.03. The maximum Gasteiger partial charge on any atom is 0.0962 e. The van der Waals surface area contributed by atoms with Gasteiger partial charge in [0.15, 0.2) is 0 Å². The van der Waals surface area contributed by atoms with Gasteiger partial charge in [-0.3, -0.25) is 9.58 Å². The lowest BCUT2D eigenvalue weighted by atomic mass is 10.5. The van der Waals surface area contributed by atoms with E-state index >= 15 is 0 Å². The van der Waals surface area contributed by atoms with E-state index in [0.717, 1.165) is 18.8 Å². The molecule has 0 aliphatic carbocycles. The zero-order chi connectivity index (χ0) is 10.4. The lowest BCUT2D eigenvalue weighted by molar-refractivity contribution is 0.345. The fourth-order valence-electron chi connectivity index (χ4n) is 1.05. The number of rotatable bonds is 5. The molecular formula is C9H15N5. The topological polar surface area (TPSA) is 60.0 Å². The molecule has 0 aliphatic heterocycles. The summed E-state index contributed by atoms with van der Waals surface area (Å²) >= 11 is 0. The molecule has 1 heterocycles. The fraction of sp³-hybridized carbons (Fsp3) is 0.556. The Bertz CT molecular complexity index is 311. The largest absolute Gasteiger partial charge is 0.325 e. The minimum absolute atomic E-state index is 0.431. The van der Waals surface area contributed by atoms with Crippen molar-refractivity contribution in [3.63, 3.8) is 0 Å². The molecule has 0 spiro atoms. The third kappa shape index (κ3) is 3.17. The summed E-state index contributed by atoms with van der Waals surface area (Å²) in [5.41, 5.74) is 6.22. The molecule has 1 aromatic rings. The molecule has 0 fully saturated rings. The number of likely N-dealkylation sites (N-methyl/N-ethyl adjacent to an activating group) is 1. The molecule has 0 amide bonds. The van der Waals surface area contributed by atoms with Crippen molar-refractivity contribution in [2.45, 2.75) is 13.1 Å². The van der Waals surface area contributed by atoms with Crippen molar-refractivity contribution in [1.82, 2.24) is 19.9 Å². The van der Waals surface area contributed by atoms with Crippen LogP contribution in [0.15, 0.2) is 6.20 Å². The van der Waals surface area contributed by atoms with Crippen LogP contribution in [0.5, 0.6) is 0 Å². The van der Waals surface area contributed by atoms with E-state index in [1.54, 1.807) is 4.68 Å². The molecule has 0 atom stereocenters. The molecule has 0 bridgehead atoms. The van der Waals surface area contributed by atoms with Crippen molar-refractivity contribution in [3.8, 4) is 12.3 Å². The van der Waals surface area contributed by atoms with Crippen molar-refractivity contribution in [2.75, 3.05) is 20.1 Å². The molecule has 76 valence electrons. The number of nitrogens with zero attached hydrogens (tertiary/aromatic N) is 4. The monoisotopic (exact) mass is 193 g/mol. The van der Waals surface area contributed by atoms with E-state index in [1.165, 1.54) is 0 Å². The van der Waals surface area contributed by atoms with Crippen LogP contribution >= 0.6 is 0 Å². The molecule has 0 aliphatic rings. The Morgan fingerprint density at radius 3 is 3.07 bits per heavy atom. The van der Waals surface area contributed by atoms with Crippen LogP contribution in [0.1, 0.15) is 5.69 Å². The van der Waals surface area contributed by atoms with E-state index in [9.17, 15) is 0 Å². The average molecular weight is 193 g/mol. The van der Waals surface area contributed by atoms with E-state index in [0.29, 0.717) is 13.1 Å². The van der Waals surface area contributed by atoms with Gasteiger partial charge in [0.05, 0.1) is 18.8 Å². The van der Waals surface area contributed by atoms with Gasteiger partial charge in [0, 0.05) is 19.3 Å². The molecule has 5 nitrogen and oxygen atoms in total. The third-order valence-corrected chi connectivity index (χ3v) is 1.87. The van der Waals surface area contributed by atoms with E-state index in [1.807, 2.05) is 18.1 Å². The van der Waals surface area contributed by atoms with Crippen molar-refractivity contribution < 1.29 is 0 Å². The minimum Gasteiger partial charge on any atom is -0.325 e. The molecule has 0 radical (unpaired) electrons. The van der Waals surface area contributed by atoms with Gasteiger partial charge in [-0.2, -0.15) is 0 Å². The number of terminal acetylenes is 1. The fourth-order valence-corrected chi connectivity index (χ4v) is 1.05. The maximum atomic E-state index is 5.41. The lowest BCUT2D eigenvalue weighted by Gasteiger charge is -2.11. The summed E-state index contributed by atoms with van der Waals surface area (Å²) in [7, 11) is 1.97. The van der Waals surface area contributed by atoms with Crippen LogP contribution in [0.4, 0.5) is 0 Å². The normalized spacial score (nSPS) is 10.4. The van der Waals surface area contributed by atoms with Crippen LogP contribution in [-0.2, 0) is 13.1 Å². The first-order valence-electron chi connectivity index (χ1n) is 4.47. The Morgan fingerprint density at radius 2 is 2.50 bits per heavy atom. The summed E-state index contributed by atoms with van der Waals surface area (Å²) in [4.78, 5) is 2.05. The average Bonchev–Trinajstić information content (AvgIpc) is 2.63. The zero-order valence-corrected chi connectivity index (χ0v) is 8.35. The summed E-state index contributed by atoms with van der Waals surface area (Å²) in [5.74, 6) is 2.58. The maximum absolute atomic E-state index is 5.41. The standard InChI is InChI=1S/C9H15N5/c1-3-4-13(2)5-6-14-8-9(7-10)11-12-14/h1,8H,4-7,10H2,2H3. The first-order valence-corrected chi connectivity index (χ1v) is 4.47. The van der Waals surface area contributed by atoms with Crippen LogP contribution in [0.2, 0.25) is 0 Å². The van der Waals surface area contributed by atoms with E-state index < -0.39 is 0 Å². The van der Waals surface area contributed by atoms with Crippen LogP contribution in [0, 0.1) is 12.3 Å². The van der Waals surface area contributed by atoms with E-state index in [4.69, 9.17) is 12.2 Å². The van der Waals surface area contributed by atoms with Crippen molar-refractivity contribution in [1.29, 1.82) is 0 Å². The van der Waals surface area contributed by atoms with Crippen LogP contribution < -0.4 is 5.73 Å². The first-order chi connectivity index (χ1) is 6.76.